The van der Waals surface area contributed by atoms with Crippen molar-refractivity contribution in [1.29, 1.82) is 0 Å². The van der Waals surface area contributed by atoms with Crippen LogP contribution in [0.5, 0.6) is 0 Å². The second-order valence-corrected chi connectivity index (χ2v) is 5.44. The fraction of sp³-hybridized carbons (Fsp3) is 0.636. The lowest BCUT2D eigenvalue weighted by Crippen LogP contribution is -2.33. The van der Waals surface area contributed by atoms with Crippen LogP contribution in [-0.4, -0.2) is 23.6 Å². The van der Waals surface area contributed by atoms with Crippen LogP contribution in [0.15, 0.2) is 4.79 Å². The molecule has 1 heterocycles. The molecule has 0 spiro atoms. The Labute approximate surface area is 101 Å². The zero-order valence-electron chi connectivity index (χ0n) is 10.6. The van der Waals surface area contributed by atoms with E-state index in [-0.39, 0.29) is 11.0 Å². The topological polar surface area (TPSA) is 38.1 Å². The van der Waals surface area contributed by atoms with Gasteiger partial charge in [0.05, 0.1) is 5.56 Å². The molecule has 0 aliphatic heterocycles. The number of rotatable bonds is 1. The lowest BCUT2D eigenvalue weighted by molar-refractivity contribution is 0.567. The Balaban J connectivity index is 3.60. The molecule has 0 bridgehead atoms. The average molecular weight is 244 g/mol. The van der Waals surface area contributed by atoms with Crippen LogP contribution in [-0.2, 0) is 12.5 Å². The summed E-state index contributed by atoms with van der Waals surface area (Å²) in [6.45, 7) is 5.85. The SMILES string of the molecule is CN(C)c1nc(Cl)c(C(C)(C)C)c(=O)n1C. The predicted octanol–water partition coefficient (Wildman–Crippen LogP) is 1.80. The van der Waals surface area contributed by atoms with Crippen molar-refractivity contribution in [3.8, 4) is 0 Å². The van der Waals surface area contributed by atoms with E-state index in [0.29, 0.717) is 16.7 Å². The molecule has 0 saturated carbocycles. The molecule has 0 amide bonds. The maximum absolute atomic E-state index is 12.2. The van der Waals surface area contributed by atoms with E-state index in [9.17, 15) is 4.79 Å². The molecule has 0 radical (unpaired) electrons. The molecule has 0 aliphatic carbocycles. The average Bonchev–Trinajstić information content (AvgIpc) is 2.08. The molecule has 1 aromatic rings. The highest BCUT2D eigenvalue weighted by Gasteiger charge is 2.24. The van der Waals surface area contributed by atoms with Crippen LogP contribution in [0.3, 0.4) is 0 Å². The summed E-state index contributed by atoms with van der Waals surface area (Å²) in [7, 11) is 5.36. The van der Waals surface area contributed by atoms with Gasteiger partial charge >= 0.3 is 0 Å². The minimum absolute atomic E-state index is 0.0869. The molecule has 0 aliphatic rings. The number of nitrogens with zero attached hydrogens (tertiary/aromatic N) is 3. The Morgan fingerprint density at radius 2 is 1.81 bits per heavy atom. The van der Waals surface area contributed by atoms with Crippen LogP contribution in [0.4, 0.5) is 5.95 Å². The molecule has 0 unspecified atom stereocenters. The molecular formula is C11H18ClN3O. The number of hydrogen-bond donors (Lipinski definition) is 0. The summed E-state index contributed by atoms with van der Waals surface area (Å²) >= 11 is 6.08. The fourth-order valence-electron chi connectivity index (χ4n) is 1.60. The molecule has 4 nitrogen and oxygen atoms in total. The molecule has 0 fully saturated rings. The van der Waals surface area contributed by atoms with Crippen LogP contribution in [0, 0.1) is 0 Å². The van der Waals surface area contributed by atoms with Crippen molar-refractivity contribution in [2.45, 2.75) is 26.2 Å². The molecule has 16 heavy (non-hydrogen) atoms. The first kappa shape index (κ1) is 13.0. The summed E-state index contributed by atoms with van der Waals surface area (Å²) in [5.41, 5.74) is 0.169. The summed E-state index contributed by atoms with van der Waals surface area (Å²) in [5.74, 6) is 0.558. The zero-order valence-corrected chi connectivity index (χ0v) is 11.4. The van der Waals surface area contributed by atoms with Gasteiger partial charge in [-0.2, -0.15) is 0 Å². The quantitative estimate of drug-likeness (QED) is 0.706. The van der Waals surface area contributed by atoms with Gasteiger partial charge < -0.3 is 4.90 Å². The van der Waals surface area contributed by atoms with Gasteiger partial charge in [0, 0.05) is 21.1 Å². The van der Waals surface area contributed by atoms with Gasteiger partial charge in [0.15, 0.2) is 0 Å². The molecule has 1 rings (SSSR count). The predicted molar refractivity (Wildman–Crippen MR) is 67.5 cm³/mol. The molecule has 5 heteroatoms. The third-order valence-electron chi connectivity index (χ3n) is 2.37. The van der Waals surface area contributed by atoms with Crippen molar-refractivity contribution >= 4 is 17.5 Å². The normalized spacial score (nSPS) is 11.7. The lowest BCUT2D eigenvalue weighted by atomic mass is 9.89. The fourth-order valence-corrected chi connectivity index (χ4v) is 2.04. The Morgan fingerprint density at radius 3 is 2.19 bits per heavy atom. The van der Waals surface area contributed by atoms with E-state index in [0.717, 1.165) is 0 Å². The summed E-state index contributed by atoms with van der Waals surface area (Å²) in [6, 6.07) is 0. The zero-order chi connectivity index (χ0) is 12.7. The first-order valence-corrected chi connectivity index (χ1v) is 5.48. The van der Waals surface area contributed by atoms with Crippen LogP contribution in [0.1, 0.15) is 26.3 Å². The Kier molecular flexibility index (Phi) is 3.33. The van der Waals surface area contributed by atoms with E-state index in [4.69, 9.17) is 11.6 Å². The minimum Gasteiger partial charge on any atom is -0.348 e. The minimum atomic E-state index is -0.302. The molecule has 1 aromatic heterocycles. The van der Waals surface area contributed by atoms with Crippen molar-refractivity contribution in [1.82, 2.24) is 9.55 Å². The van der Waals surface area contributed by atoms with Crippen molar-refractivity contribution in [2.75, 3.05) is 19.0 Å². The van der Waals surface area contributed by atoms with Crippen molar-refractivity contribution in [3.05, 3.63) is 21.1 Å². The van der Waals surface area contributed by atoms with Gasteiger partial charge in [0.25, 0.3) is 5.56 Å². The van der Waals surface area contributed by atoms with E-state index >= 15 is 0 Å². The standard InChI is InChI=1S/C11H18ClN3O/c1-11(2,3)7-8(12)13-10(14(4)5)15(6)9(7)16/h1-6H3. The van der Waals surface area contributed by atoms with E-state index in [1.807, 2.05) is 34.9 Å². The highest BCUT2D eigenvalue weighted by molar-refractivity contribution is 6.30. The highest BCUT2D eigenvalue weighted by Crippen LogP contribution is 2.25. The van der Waals surface area contributed by atoms with Gasteiger partial charge in [0.1, 0.15) is 5.15 Å². The first-order valence-electron chi connectivity index (χ1n) is 5.10. The molecule has 0 saturated heterocycles. The van der Waals surface area contributed by atoms with Crippen LogP contribution in [0.2, 0.25) is 5.15 Å². The molecule has 0 aromatic carbocycles. The second kappa shape index (κ2) is 4.09. The third kappa shape index (κ3) is 2.21. The van der Waals surface area contributed by atoms with Gasteiger partial charge in [-0.05, 0) is 5.41 Å². The molecule has 90 valence electrons. The van der Waals surface area contributed by atoms with Crippen molar-refractivity contribution < 1.29 is 0 Å². The Hall–Kier alpha value is -1.03. The Morgan fingerprint density at radius 1 is 1.31 bits per heavy atom. The van der Waals surface area contributed by atoms with Crippen molar-refractivity contribution in [2.24, 2.45) is 7.05 Å². The number of anilines is 1. The highest BCUT2D eigenvalue weighted by atomic mass is 35.5. The van der Waals surface area contributed by atoms with Gasteiger partial charge in [-0.25, -0.2) is 4.98 Å². The molecule has 0 atom stereocenters. The van der Waals surface area contributed by atoms with E-state index in [1.54, 1.807) is 11.9 Å². The third-order valence-corrected chi connectivity index (χ3v) is 2.65. The van der Waals surface area contributed by atoms with E-state index < -0.39 is 0 Å². The largest absolute Gasteiger partial charge is 0.348 e. The summed E-state index contributed by atoms with van der Waals surface area (Å²) in [6.07, 6.45) is 0. The van der Waals surface area contributed by atoms with Crippen LogP contribution in [0.25, 0.3) is 0 Å². The number of aromatic nitrogens is 2. The van der Waals surface area contributed by atoms with Gasteiger partial charge in [-0.1, -0.05) is 32.4 Å². The van der Waals surface area contributed by atoms with E-state index in [1.165, 1.54) is 4.57 Å². The summed E-state index contributed by atoms with van der Waals surface area (Å²) in [5, 5.41) is 0.291. The molecule has 0 N–H and O–H groups in total. The maximum atomic E-state index is 12.2. The monoisotopic (exact) mass is 243 g/mol. The first-order chi connectivity index (χ1) is 7.16. The van der Waals surface area contributed by atoms with Crippen LogP contribution >= 0.6 is 11.6 Å². The smallest absolute Gasteiger partial charge is 0.259 e. The number of halogens is 1. The maximum Gasteiger partial charge on any atom is 0.259 e. The Bertz CT molecular complexity index is 458. The summed E-state index contributed by atoms with van der Waals surface area (Å²) < 4.78 is 1.52. The van der Waals surface area contributed by atoms with Crippen LogP contribution < -0.4 is 10.5 Å². The van der Waals surface area contributed by atoms with Gasteiger partial charge in [0.2, 0.25) is 5.95 Å². The van der Waals surface area contributed by atoms with Gasteiger partial charge in [-0.3, -0.25) is 9.36 Å². The number of hydrogen-bond acceptors (Lipinski definition) is 3. The second-order valence-electron chi connectivity index (χ2n) is 5.09. The summed E-state index contributed by atoms with van der Waals surface area (Å²) in [4.78, 5) is 18.2. The van der Waals surface area contributed by atoms with E-state index in [2.05, 4.69) is 4.98 Å². The van der Waals surface area contributed by atoms with Gasteiger partial charge in [-0.15, -0.1) is 0 Å². The lowest BCUT2D eigenvalue weighted by Gasteiger charge is -2.23. The van der Waals surface area contributed by atoms with Crippen molar-refractivity contribution in [3.63, 3.8) is 0 Å². The molecular weight excluding hydrogens is 226 g/mol.